The normalized spacial score (nSPS) is 16.9. The Kier molecular flexibility index (Phi) is 5.58. The number of nitrogens with zero attached hydrogens (tertiary/aromatic N) is 1. The van der Waals surface area contributed by atoms with Gasteiger partial charge in [0.25, 0.3) is 5.91 Å². The smallest absolute Gasteiger partial charge is 0.264 e. The summed E-state index contributed by atoms with van der Waals surface area (Å²) in [5.74, 6) is 0.495. The molecule has 1 aliphatic heterocycles. The van der Waals surface area contributed by atoms with Crippen LogP contribution in [0.15, 0.2) is 71.1 Å². The summed E-state index contributed by atoms with van der Waals surface area (Å²) >= 11 is 7.37. The number of rotatable bonds is 5. The maximum absolute atomic E-state index is 12.2. The van der Waals surface area contributed by atoms with E-state index in [4.69, 9.17) is 16.3 Å². The molecule has 0 radical (unpaired) electrons. The van der Waals surface area contributed by atoms with Gasteiger partial charge in [0.15, 0.2) is 5.17 Å². The average molecular weight is 371 g/mol. The summed E-state index contributed by atoms with van der Waals surface area (Å²) in [6.07, 6.45) is 3.46. The molecule has 0 unspecified atom stereocenters. The van der Waals surface area contributed by atoms with E-state index in [1.165, 1.54) is 11.8 Å². The molecule has 2 aromatic rings. The Morgan fingerprint density at radius 3 is 2.76 bits per heavy atom. The number of halogens is 1. The molecule has 25 heavy (non-hydrogen) atoms. The van der Waals surface area contributed by atoms with Crippen molar-refractivity contribution in [1.29, 1.82) is 0 Å². The molecule has 4 nitrogen and oxygen atoms in total. The van der Waals surface area contributed by atoms with Crippen molar-refractivity contribution in [3.8, 4) is 5.75 Å². The summed E-state index contributed by atoms with van der Waals surface area (Å²) in [5, 5.41) is 3.78. The number of amidine groups is 1. The second-order valence-electron chi connectivity index (χ2n) is 5.07. The number of para-hydroxylation sites is 2. The maximum atomic E-state index is 12.2. The Morgan fingerprint density at radius 2 is 1.96 bits per heavy atom. The Hall–Kier alpha value is -2.50. The second kappa shape index (κ2) is 8.05. The van der Waals surface area contributed by atoms with Crippen molar-refractivity contribution in [3.63, 3.8) is 0 Å². The van der Waals surface area contributed by atoms with Crippen LogP contribution < -0.4 is 10.1 Å². The van der Waals surface area contributed by atoms with Crippen molar-refractivity contribution >= 4 is 46.2 Å². The third-order valence-electron chi connectivity index (χ3n) is 3.29. The molecule has 1 aliphatic rings. The van der Waals surface area contributed by atoms with Crippen LogP contribution in [0, 0.1) is 0 Å². The van der Waals surface area contributed by atoms with Crippen molar-refractivity contribution in [2.75, 3.05) is 6.61 Å². The third-order valence-corrected chi connectivity index (χ3v) is 4.52. The molecular weight excluding hydrogens is 356 g/mol. The van der Waals surface area contributed by atoms with Crippen molar-refractivity contribution in [1.82, 2.24) is 5.32 Å². The third kappa shape index (κ3) is 4.32. The number of carbonyl (C=O) groups excluding carboxylic acids is 1. The lowest BCUT2D eigenvalue weighted by molar-refractivity contribution is -0.115. The predicted molar refractivity (Wildman–Crippen MR) is 104 cm³/mol. The van der Waals surface area contributed by atoms with Gasteiger partial charge in [0.1, 0.15) is 12.4 Å². The monoisotopic (exact) mass is 370 g/mol. The van der Waals surface area contributed by atoms with Gasteiger partial charge >= 0.3 is 0 Å². The number of aliphatic imine (C=N–C) groups is 1. The van der Waals surface area contributed by atoms with Gasteiger partial charge in [0.2, 0.25) is 0 Å². The highest BCUT2D eigenvalue weighted by Crippen LogP contribution is 2.32. The number of benzene rings is 2. The van der Waals surface area contributed by atoms with Crippen molar-refractivity contribution < 1.29 is 9.53 Å². The van der Waals surface area contributed by atoms with E-state index in [0.717, 1.165) is 5.56 Å². The van der Waals surface area contributed by atoms with Gasteiger partial charge in [-0.05, 0) is 36.0 Å². The topological polar surface area (TPSA) is 50.7 Å². The van der Waals surface area contributed by atoms with Crippen LogP contribution in [0.5, 0.6) is 5.75 Å². The molecule has 2 aromatic carbocycles. The van der Waals surface area contributed by atoms with Crippen LogP contribution in [0.1, 0.15) is 5.56 Å². The van der Waals surface area contributed by atoms with Gasteiger partial charge in [-0.15, -0.1) is 0 Å². The van der Waals surface area contributed by atoms with Gasteiger partial charge in [-0.1, -0.05) is 54.6 Å². The molecule has 1 saturated heterocycles. The molecular formula is C19H15ClN2O2S. The molecule has 6 heteroatoms. The van der Waals surface area contributed by atoms with Gasteiger partial charge in [-0.25, -0.2) is 4.99 Å². The fourth-order valence-corrected chi connectivity index (χ4v) is 3.16. The number of nitrogens with one attached hydrogen (secondary N) is 1. The average Bonchev–Trinajstić information content (AvgIpc) is 2.95. The van der Waals surface area contributed by atoms with E-state index in [0.29, 0.717) is 33.1 Å². The molecule has 1 heterocycles. The standard InChI is InChI=1S/C19H15ClN2O2S/c1-2-11-24-16-10-6-3-7-13(16)12-17-18(23)22-19(25-17)21-15-9-5-4-8-14(15)20/h2-10,12H,1,11H2,(H,21,22,23). The molecule has 126 valence electrons. The van der Waals surface area contributed by atoms with Crippen LogP contribution in [0.4, 0.5) is 5.69 Å². The van der Waals surface area contributed by atoms with Crippen LogP contribution >= 0.6 is 23.4 Å². The quantitative estimate of drug-likeness (QED) is 0.607. The van der Waals surface area contributed by atoms with Crippen LogP contribution in [-0.4, -0.2) is 17.7 Å². The minimum absolute atomic E-state index is 0.200. The molecule has 3 rings (SSSR count). The van der Waals surface area contributed by atoms with E-state index in [-0.39, 0.29) is 5.91 Å². The number of amides is 1. The molecule has 1 fully saturated rings. The first-order valence-corrected chi connectivity index (χ1v) is 8.73. The van der Waals surface area contributed by atoms with E-state index in [9.17, 15) is 4.79 Å². The van der Waals surface area contributed by atoms with E-state index >= 15 is 0 Å². The summed E-state index contributed by atoms with van der Waals surface area (Å²) in [4.78, 5) is 17.2. The lowest BCUT2D eigenvalue weighted by Crippen LogP contribution is -2.19. The Balaban J connectivity index is 1.85. The first-order valence-electron chi connectivity index (χ1n) is 7.54. The van der Waals surface area contributed by atoms with E-state index < -0.39 is 0 Å². The zero-order chi connectivity index (χ0) is 17.6. The minimum atomic E-state index is -0.200. The molecule has 0 saturated carbocycles. The van der Waals surface area contributed by atoms with Crippen LogP contribution in [-0.2, 0) is 4.79 Å². The van der Waals surface area contributed by atoms with Crippen LogP contribution in [0.25, 0.3) is 6.08 Å². The fourth-order valence-electron chi connectivity index (χ4n) is 2.15. The van der Waals surface area contributed by atoms with E-state index in [1.54, 1.807) is 24.3 Å². The van der Waals surface area contributed by atoms with Gasteiger partial charge in [-0.2, -0.15) is 0 Å². The molecule has 1 N–H and O–H groups in total. The molecule has 0 aromatic heterocycles. The summed E-state index contributed by atoms with van der Waals surface area (Å²) in [6, 6.07) is 14.7. The molecule has 1 amide bonds. The maximum Gasteiger partial charge on any atom is 0.264 e. The van der Waals surface area contributed by atoms with Gasteiger partial charge in [-0.3, -0.25) is 4.79 Å². The number of thioether (sulfide) groups is 1. The summed E-state index contributed by atoms with van der Waals surface area (Å²) < 4.78 is 5.62. The largest absolute Gasteiger partial charge is 0.489 e. The molecule has 0 bridgehead atoms. The predicted octanol–water partition coefficient (Wildman–Crippen LogP) is 4.80. The SMILES string of the molecule is C=CCOc1ccccc1C=C1SC(=Nc2ccccc2Cl)NC1=O. The van der Waals surface area contributed by atoms with Gasteiger partial charge < -0.3 is 10.1 Å². The Bertz CT molecular complexity index is 877. The number of ether oxygens (including phenoxy) is 1. The molecule has 0 atom stereocenters. The minimum Gasteiger partial charge on any atom is -0.489 e. The first-order chi connectivity index (χ1) is 12.2. The van der Waals surface area contributed by atoms with Crippen molar-refractivity contribution in [2.24, 2.45) is 4.99 Å². The Labute approximate surface area is 155 Å². The van der Waals surface area contributed by atoms with E-state index in [2.05, 4.69) is 16.9 Å². The summed E-state index contributed by atoms with van der Waals surface area (Å²) in [6.45, 7) is 4.04. The van der Waals surface area contributed by atoms with E-state index in [1.807, 2.05) is 36.4 Å². The highest BCUT2D eigenvalue weighted by molar-refractivity contribution is 8.18. The Morgan fingerprint density at radius 1 is 1.20 bits per heavy atom. The fraction of sp³-hybridized carbons (Fsp3) is 0.0526. The summed E-state index contributed by atoms with van der Waals surface area (Å²) in [7, 11) is 0. The van der Waals surface area contributed by atoms with Gasteiger partial charge in [0.05, 0.1) is 15.6 Å². The first kappa shape index (κ1) is 17.3. The molecule has 0 spiro atoms. The molecule has 0 aliphatic carbocycles. The lowest BCUT2D eigenvalue weighted by atomic mass is 10.2. The zero-order valence-corrected chi connectivity index (χ0v) is 14.8. The van der Waals surface area contributed by atoms with Crippen molar-refractivity contribution in [2.45, 2.75) is 0 Å². The van der Waals surface area contributed by atoms with Crippen molar-refractivity contribution in [3.05, 3.63) is 76.7 Å². The summed E-state index contributed by atoms with van der Waals surface area (Å²) in [5.41, 5.74) is 1.43. The number of hydrogen-bond donors (Lipinski definition) is 1. The van der Waals surface area contributed by atoms with Gasteiger partial charge in [0, 0.05) is 5.56 Å². The highest BCUT2D eigenvalue weighted by Gasteiger charge is 2.24. The van der Waals surface area contributed by atoms with Crippen LogP contribution in [0.3, 0.4) is 0 Å². The lowest BCUT2D eigenvalue weighted by Gasteiger charge is -2.06. The van der Waals surface area contributed by atoms with Crippen LogP contribution in [0.2, 0.25) is 5.02 Å². The second-order valence-corrected chi connectivity index (χ2v) is 6.51. The highest BCUT2D eigenvalue weighted by atomic mass is 35.5. The zero-order valence-electron chi connectivity index (χ0n) is 13.2. The number of hydrogen-bond acceptors (Lipinski definition) is 4. The number of carbonyl (C=O) groups is 1.